The van der Waals surface area contributed by atoms with Gasteiger partial charge in [-0.25, -0.2) is 9.78 Å². The average Bonchev–Trinajstić information content (AvgIpc) is 2.33. The van der Waals surface area contributed by atoms with Gasteiger partial charge in [0, 0.05) is 12.1 Å². The van der Waals surface area contributed by atoms with Crippen molar-refractivity contribution < 1.29 is 19.5 Å². The van der Waals surface area contributed by atoms with Crippen LogP contribution in [-0.4, -0.2) is 33.9 Å². The topological polar surface area (TPSA) is 122 Å². The monoisotopic (exact) mass is 265 g/mol. The molecule has 1 heterocycles. The van der Waals surface area contributed by atoms with Crippen molar-refractivity contribution >= 4 is 17.8 Å². The largest absolute Gasteiger partial charge is 0.480 e. The molecule has 0 radical (unpaired) electrons. The fourth-order valence-electron chi connectivity index (χ4n) is 1.45. The summed E-state index contributed by atoms with van der Waals surface area (Å²) < 4.78 is 0. The molecule has 7 heteroatoms. The van der Waals surface area contributed by atoms with E-state index >= 15 is 0 Å². The number of rotatable bonds is 6. The molecular formula is C12H15N3O4. The lowest BCUT2D eigenvalue weighted by molar-refractivity contribution is -0.139. The molecule has 0 aliphatic carbocycles. The Morgan fingerprint density at radius 1 is 1.42 bits per heavy atom. The standard InChI is InChI=1S/C12H15N3O4/c1-7-3-2-4-8(14-7)11(17)15-9(12(18)19)5-6-10(13)16/h2-4,9H,5-6H2,1H3,(H2,13,16)(H,15,17)(H,18,19)/t9-/m0/s1. The highest BCUT2D eigenvalue weighted by Gasteiger charge is 2.21. The Bertz CT molecular complexity index is 502. The van der Waals surface area contributed by atoms with Gasteiger partial charge in [0.05, 0.1) is 0 Å². The van der Waals surface area contributed by atoms with Crippen LogP contribution < -0.4 is 11.1 Å². The average molecular weight is 265 g/mol. The summed E-state index contributed by atoms with van der Waals surface area (Å²) in [5.74, 6) is -2.43. The summed E-state index contributed by atoms with van der Waals surface area (Å²) in [4.78, 5) is 37.4. The van der Waals surface area contributed by atoms with Gasteiger partial charge in [-0.1, -0.05) is 6.07 Å². The van der Waals surface area contributed by atoms with Gasteiger partial charge in [-0.2, -0.15) is 0 Å². The number of carbonyl (C=O) groups is 3. The molecule has 19 heavy (non-hydrogen) atoms. The normalized spacial score (nSPS) is 11.6. The molecule has 0 saturated carbocycles. The molecule has 0 spiro atoms. The number of amides is 2. The summed E-state index contributed by atoms with van der Waals surface area (Å²) in [6.07, 6.45) is -0.166. The molecule has 102 valence electrons. The first-order valence-electron chi connectivity index (χ1n) is 5.66. The maximum Gasteiger partial charge on any atom is 0.326 e. The number of nitrogens with zero attached hydrogens (tertiary/aromatic N) is 1. The van der Waals surface area contributed by atoms with Crippen molar-refractivity contribution in [2.24, 2.45) is 5.73 Å². The number of carboxylic acids is 1. The third kappa shape index (κ3) is 4.74. The molecule has 0 aromatic carbocycles. The number of pyridine rings is 1. The highest BCUT2D eigenvalue weighted by atomic mass is 16.4. The summed E-state index contributed by atoms with van der Waals surface area (Å²) in [6, 6.07) is 3.69. The van der Waals surface area contributed by atoms with Gasteiger partial charge in [0.1, 0.15) is 11.7 Å². The molecule has 0 saturated heterocycles. The van der Waals surface area contributed by atoms with E-state index in [4.69, 9.17) is 10.8 Å². The second kappa shape index (κ2) is 6.48. The van der Waals surface area contributed by atoms with E-state index in [2.05, 4.69) is 10.3 Å². The Labute approximate surface area is 109 Å². The number of nitrogens with two attached hydrogens (primary N) is 1. The van der Waals surface area contributed by atoms with E-state index in [-0.39, 0.29) is 18.5 Å². The lowest BCUT2D eigenvalue weighted by Gasteiger charge is -2.13. The van der Waals surface area contributed by atoms with E-state index in [9.17, 15) is 14.4 Å². The number of aromatic nitrogens is 1. The first kappa shape index (κ1) is 14.6. The van der Waals surface area contributed by atoms with Gasteiger partial charge < -0.3 is 16.2 Å². The zero-order valence-corrected chi connectivity index (χ0v) is 10.4. The SMILES string of the molecule is Cc1cccc(C(=O)N[C@@H](CCC(N)=O)C(=O)O)n1. The van der Waals surface area contributed by atoms with Gasteiger partial charge in [0.2, 0.25) is 5.91 Å². The number of primary amides is 1. The van der Waals surface area contributed by atoms with E-state index in [1.807, 2.05) is 0 Å². The fourth-order valence-corrected chi connectivity index (χ4v) is 1.45. The van der Waals surface area contributed by atoms with Crippen LogP contribution >= 0.6 is 0 Å². The maximum absolute atomic E-state index is 11.8. The van der Waals surface area contributed by atoms with E-state index < -0.39 is 23.8 Å². The Morgan fingerprint density at radius 2 is 2.11 bits per heavy atom. The minimum Gasteiger partial charge on any atom is -0.480 e. The Kier molecular flexibility index (Phi) is 4.99. The predicted molar refractivity (Wildman–Crippen MR) is 66.3 cm³/mol. The van der Waals surface area contributed by atoms with Crippen LogP contribution in [0.25, 0.3) is 0 Å². The van der Waals surface area contributed by atoms with Crippen LogP contribution in [0.5, 0.6) is 0 Å². The van der Waals surface area contributed by atoms with Crippen molar-refractivity contribution in [3.05, 3.63) is 29.6 Å². The Hall–Kier alpha value is -2.44. The van der Waals surface area contributed by atoms with E-state index in [1.165, 1.54) is 6.07 Å². The second-order valence-electron chi connectivity index (χ2n) is 4.03. The Morgan fingerprint density at radius 3 is 2.63 bits per heavy atom. The highest BCUT2D eigenvalue weighted by Crippen LogP contribution is 2.02. The van der Waals surface area contributed by atoms with Gasteiger partial charge in [-0.3, -0.25) is 9.59 Å². The van der Waals surface area contributed by atoms with Crippen molar-refractivity contribution in [3.63, 3.8) is 0 Å². The number of hydrogen-bond acceptors (Lipinski definition) is 4. The number of aliphatic carboxylic acids is 1. The molecule has 2 amide bonds. The lowest BCUT2D eigenvalue weighted by atomic mass is 10.1. The van der Waals surface area contributed by atoms with Crippen LogP contribution in [0.3, 0.4) is 0 Å². The summed E-state index contributed by atoms with van der Waals surface area (Å²) >= 11 is 0. The van der Waals surface area contributed by atoms with Crippen LogP contribution in [0.4, 0.5) is 0 Å². The van der Waals surface area contributed by atoms with Gasteiger partial charge in [-0.15, -0.1) is 0 Å². The zero-order chi connectivity index (χ0) is 14.4. The molecule has 0 aliphatic heterocycles. The second-order valence-corrected chi connectivity index (χ2v) is 4.03. The van der Waals surface area contributed by atoms with Crippen molar-refractivity contribution in [2.45, 2.75) is 25.8 Å². The van der Waals surface area contributed by atoms with Gasteiger partial charge in [-0.05, 0) is 25.5 Å². The summed E-state index contributed by atoms with van der Waals surface area (Å²) in [5, 5.41) is 11.3. The first-order chi connectivity index (χ1) is 8.90. The van der Waals surface area contributed by atoms with Crippen LogP contribution in [0.1, 0.15) is 29.0 Å². The van der Waals surface area contributed by atoms with Crippen molar-refractivity contribution in [2.75, 3.05) is 0 Å². The summed E-state index contributed by atoms with van der Waals surface area (Å²) in [7, 11) is 0. The van der Waals surface area contributed by atoms with Crippen LogP contribution in [0, 0.1) is 6.92 Å². The van der Waals surface area contributed by atoms with E-state index in [0.29, 0.717) is 5.69 Å². The quantitative estimate of drug-likeness (QED) is 0.659. The molecule has 0 bridgehead atoms. The minimum atomic E-state index is -1.22. The molecule has 0 unspecified atom stereocenters. The molecule has 4 N–H and O–H groups in total. The van der Waals surface area contributed by atoms with Gasteiger partial charge in [0.15, 0.2) is 0 Å². The molecule has 1 atom stereocenters. The van der Waals surface area contributed by atoms with E-state index in [1.54, 1.807) is 19.1 Å². The number of carbonyl (C=O) groups excluding carboxylic acids is 2. The smallest absolute Gasteiger partial charge is 0.326 e. The molecule has 7 nitrogen and oxygen atoms in total. The molecule has 1 rings (SSSR count). The van der Waals surface area contributed by atoms with Crippen LogP contribution in [-0.2, 0) is 9.59 Å². The van der Waals surface area contributed by atoms with E-state index in [0.717, 1.165) is 0 Å². The summed E-state index contributed by atoms with van der Waals surface area (Å²) in [6.45, 7) is 1.72. The predicted octanol–water partition coefficient (Wildman–Crippen LogP) is -0.161. The molecular weight excluding hydrogens is 250 g/mol. The number of nitrogens with one attached hydrogen (secondary N) is 1. The number of aryl methyl sites for hydroxylation is 1. The highest BCUT2D eigenvalue weighted by molar-refractivity contribution is 5.95. The number of hydrogen-bond donors (Lipinski definition) is 3. The third-order valence-corrected chi connectivity index (χ3v) is 2.40. The lowest BCUT2D eigenvalue weighted by Crippen LogP contribution is -2.41. The fraction of sp³-hybridized carbons (Fsp3) is 0.333. The van der Waals surface area contributed by atoms with Crippen molar-refractivity contribution in [1.29, 1.82) is 0 Å². The molecule has 0 fully saturated rings. The molecule has 1 aromatic rings. The van der Waals surface area contributed by atoms with Crippen LogP contribution in [0.15, 0.2) is 18.2 Å². The van der Waals surface area contributed by atoms with Gasteiger partial charge in [0.25, 0.3) is 5.91 Å². The first-order valence-corrected chi connectivity index (χ1v) is 5.66. The number of carboxylic acid groups (broad SMARTS) is 1. The van der Waals surface area contributed by atoms with Crippen molar-refractivity contribution in [1.82, 2.24) is 10.3 Å². The molecule has 0 aliphatic rings. The minimum absolute atomic E-state index is 0.0534. The third-order valence-electron chi connectivity index (χ3n) is 2.40. The molecule has 1 aromatic heterocycles. The summed E-state index contributed by atoms with van der Waals surface area (Å²) in [5.41, 5.74) is 5.73. The zero-order valence-electron chi connectivity index (χ0n) is 10.4. The van der Waals surface area contributed by atoms with Crippen LogP contribution in [0.2, 0.25) is 0 Å². The Balaban J connectivity index is 2.71. The maximum atomic E-state index is 11.8. The van der Waals surface area contributed by atoms with Gasteiger partial charge >= 0.3 is 5.97 Å². The van der Waals surface area contributed by atoms with Crippen molar-refractivity contribution in [3.8, 4) is 0 Å².